The Balaban J connectivity index is 1.84. The lowest BCUT2D eigenvalue weighted by Crippen LogP contribution is -1.92. The van der Waals surface area contributed by atoms with E-state index in [0.717, 1.165) is 22.2 Å². The molecule has 19 heavy (non-hydrogen) atoms. The zero-order chi connectivity index (χ0) is 13.2. The first-order valence-corrected chi connectivity index (χ1v) is 7.01. The number of anilines is 2. The molecule has 3 nitrogen and oxygen atoms in total. The second kappa shape index (κ2) is 4.90. The third-order valence-corrected chi connectivity index (χ3v) is 3.74. The Morgan fingerprint density at radius 2 is 2.11 bits per heavy atom. The lowest BCUT2D eigenvalue weighted by Gasteiger charge is -2.03. The van der Waals surface area contributed by atoms with Crippen LogP contribution < -0.4 is 5.32 Å². The van der Waals surface area contributed by atoms with Crippen LogP contribution in [0, 0.1) is 6.92 Å². The number of hydrogen-bond donors (Lipinski definition) is 1. The predicted molar refractivity (Wildman–Crippen MR) is 81.0 cm³/mol. The van der Waals surface area contributed by atoms with Gasteiger partial charge in [0.15, 0.2) is 5.13 Å². The van der Waals surface area contributed by atoms with Crippen molar-refractivity contribution in [1.29, 1.82) is 0 Å². The van der Waals surface area contributed by atoms with E-state index in [-0.39, 0.29) is 0 Å². The van der Waals surface area contributed by atoms with E-state index in [1.165, 1.54) is 5.56 Å². The van der Waals surface area contributed by atoms with Gasteiger partial charge in [-0.05, 0) is 36.8 Å². The minimum Gasteiger partial charge on any atom is -0.349 e. The van der Waals surface area contributed by atoms with Crippen molar-refractivity contribution in [1.82, 2.24) is 9.55 Å². The first kappa shape index (κ1) is 12.0. The zero-order valence-corrected chi connectivity index (χ0v) is 11.7. The van der Waals surface area contributed by atoms with Gasteiger partial charge in [0, 0.05) is 24.3 Å². The molecule has 0 atom stereocenters. The van der Waals surface area contributed by atoms with Gasteiger partial charge in [-0.3, -0.25) is 0 Å². The van der Waals surface area contributed by atoms with Gasteiger partial charge in [-0.25, -0.2) is 4.98 Å². The Morgan fingerprint density at radius 1 is 1.21 bits per heavy atom. The molecule has 2 aromatic heterocycles. The average Bonchev–Trinajstić information content (AvgIpc) is 2.98. The number of nitrogens with zero attached hydrogens (tertiary/aromatic N) is 2. The molecule has 3 rings (SSSR count). The minimum atomic E-state index is 0.918. The van der Waals surface area contributed by atoms with Crippen LogP contribution in [0.15, 0.2) is 48.0 Å². The Hall–Kier alpha value is -2.07. The summed E-state index contributed by atoms with van der Waals surface area (Å²) in [6, 6.07) is 12.4. The Morgan fingerprint density at radius 3 is 2.84 bits per heavy atom. The normalized spacial score (nSPS) is 10.6. The third-order valence-electron chi connectivity index (χ3n) is 2.98. The summed E-state index contributed by atoms with van der Waals surface area (Å²) in [5.74, 6) is 0. The van der Waals surface area contributed by atoms with E-state index >= 15 is 0 Å². The highest BCUT2D eigenvalue weighted by atomic mass is 32.1. The van der Waals surface area contributed by atoms with Gasteiger partial charge in [0.2, 0.25) is 0 Å². The van der Waals surface area contributed by atoms with Crippen LogP contribution in [0.5, 0.6) is 0 Å². The van der Waals surface area contributed by atoms with Gasteiger partial charge in [-0.2, -0.15) is 0 Å². The number of rotatable bonds is 3. The van der Waals surface area contributed by atoms with Crippen molar-refractivity contribution in [2.24, 2.45) is 7.05 Å². The quantitative estimate of drug-likeness (QED) is 0.772. The standard InChI is InChI=1S/C15H15N3S/c1-11-5-3-6-12(9-11)16-15-17-13(10-19-15)14-7-4-8-18(14)2/h3-10H,1-2H3,(H,16,17). The summed E-state index contributed by atoms with van der Waals surface area (Å²) in [6.07, 6.45) is 2.03. The van der Waals surface area contributed by atoms with Gasteiger partial charge in [-0.1, -0.05) is 12.1 Å². The fourth-order valence-electron chi connectivity index (χ4n) is 2.02. The number of aryl methyl sites for hydroxylation is 2. The van der Waals surface area contributed by atoms with Crippen LogP contribution in [-0.2, 0) is 7.05 Å². The molecule has 0 unspecified atom stereocenters. The molecule has 0 bridgehead atoms. The molecule has 0 aliphatic heterocycles. The van der Waals surface area contributed by atoms with E-state index in [4.69, 9.17) is 0 Å². The largest absolute Gasteiger partial charge is 0.349 e. The van der Waals surface area contributed by atoms with Gasteiger partial charge in [0.05, 0.1) is 11.4 Å². The Kier molecular flexibility index (Phi) is 3.09. The highest BCUT2D eigenvalue weighted by Gasteiger charge is 2.07. The molecule has 4 heteroatoms. The van der Waals surface area contributed by atoms with Crippen LogP contribution in [0.1, 0.15) is 5.56 Å². The maximum absolute atomic E-state index is 4.63. The van der Waals surface area contributed by atoms with E-state index in [1.807, 2.05) is 25.4 Å². The van der Waals surface area contributed by atoms with E-state index < -0.39 is 0 Å². The number of benzene rings is 1. The summed E-state index contributed by atoms with van der Waals surface area (Å²) in [6.45, 7) is 2.09. The van der Waals surface area contributed by atoms with Gasteiger partial charge >= 0.3 is 0 Å². The number of thiazole rings is 1. The third kappa shape index (κ3) is 2.53. The summed E-state index contributed by atoms with van der Waals surface area (Å²) in [5, 5.41) is 6.34. The molecule has 1 aromatic carbocycles. The maximum Gasteiger partial charge on any atom is 0.187 e. The number of aromatic nitrogens is 2. The smallest absolute Gasteiger partial charge is 0.187 e. The lowest BCUT2D eigenvalue weighted by molar-refractivity contribution is 0.933. The minimum absolute atomic E-state index is 0.918. The van der Waals surface area contributed by atoms with Gasteiger partial charge in [0.25, 0.3) is 0 Å². The van der Waals surface area contributed by atoms with Crippen LogP contribution in [0.2, 0.25) is 0 Å². The lowest BCUT2D eigenvalue weighted by atomic mass is 10.2. The fourth-order valence-corrected chi connectivity index (χ4v) is 2.75. The molecule has 1 N–H and O–H groups in total. The molecule has 0 radical (unpaired) electrons. The first-order chi connectivity index (χ1) is 9.22. The Bertz CT molecular complexity index is 697. The number of hydrogen-bond acceptors (Lipinski definition) is 3. The van der Waals surface area contributed by atoms with Crippen molar-refractivity contribution in [3.8, 4) is 11.4 Å². The molecular weight excluding hydrogens is 254 g/mol. The summed E-state index contributed by atoms with van der Waals surface area (Å²) in [5.41, 5.74) is 4.46. The molecule has 0 fully saturated rings. The maximum atomic E-state index is 4.63. The second-order valence-corrected chi connectivity index (χ2v) is 5.39. The zero-order valence-electron chi connectivity index (χ0n) is 10.9. The molecular formula is C15H15N3S. The SMILES string of the molecule is Cc1cccc(Nc2nc(-c3cccn3C)cs2)c1. The van der Waals surface area contributed by atoms with Crippen molar-refractivity contribution >= 4 is 22.2 Å². The van der Waals surface area contributed by atoms with Crippen LogP contribution in [0.25, 0.3) is 11.4 Å². The van der Waals surface area contributed by atoms with E-state index in [9.17, 15) is 0 Å². The van der Waals surface area contributed by atoms with Crippen molar-refractivity contribution < 1.29 is 0 Å². The second-order valence-electron chi connectivity index (χ2n) is 4.54. The van der Waals surface area contributed by atoms with Crippen molar-refractivity contribution in [2.45, 2.75) is 6.92 Å². The topological polar surface area (TPSA) is 29.9 Å². The predicted octanol–water partition coefficient (Wildman–Crippen LogP) is 4.20. The van der Waals surface area contributed by atoms with E-state index in [0.29, 0.717) is 0 Å². The van der Waals surface area contributed by atoms with Gasteiger partial charge in [-0.15, -0.1) is 11.3 Å². The molecule has 2 heterocycles. The molecule has 0 spiro atoms. The van der Waals surface area contributed by atoms with Gasteiger partial charge in [0.1, 0.15) is 0 Å². The first-order valence-electron chi connectivity index (χ1n) is 6.13. The van der Waals surface area contributed by atoms with Crippen molar-refractivity contribution in [3.63, 3.8) is 0 Å². The highest BCUT2D eigenvalue weighted by molar-refractivity contribution is 7.14. The highest BCUT2D eigenvalue weighted by Crippen LogP contribution is 2.27. The summed E-state index contributed by atoms with van der Waals surface area (Å²) in [7, 11) is 2.03. The fraction of sp³-hybridized carbons (Fsp3) is 0.133. The monoisotopic (exact) mass is 269 g/mol. The van der Waals surface area contributed by atoms with E-state index in [2.05, 4.69) is 51.4 Å². The molecule has 0 saturated carbocycles. The van der Waals surface area contributed by atoms with Gasteiger partial charge < -0.3 is 9.88 Å². The van der Waals surface area contributed by atoms with E-state index in [1.54, 1.807) is 11.3 Å². The molecule has 0 aliphatic carbocycles. The molecule has 0 saturated heterocycles. The van der Waals surface area contributed by atoms with Crippen LogP contribution in [0.4, 0.5) is 10.8 Å². The Labute approximate surface area is 116 Å². The molecule has 0 aliphatic rings. The summed E-state index contributed by atoms with van der Waals surface area (Å²) in [4.78, 5) is 4.63. The average molecular weight is 269 g/mol. The van der Waals surface area contributed by atoms with Crippen LogP contribution in [-0.4, -0.2) is 9.55 Å². The van der Waals surface area contributed by atoms with Crippen LogP contribution in [0.3, 0.4) is 0 Å². The molecule has 3 aromatic rings. The molecule has 0 amide bonds. The number of nitrogens with one attached hydrogen (secondary N) is 1. The summed E-state index contributed by atoms with van der Waals surface area (Å²) < 4.78 is 2.07. The van der Waals surface area contributed by atoms with Crippen LogP contribution >= 0.6 is 11.3 Å². The van der Waals surface area contributed by atoms with Crippen molar-refractivity contribution in [2.75, 3.05) is 5.32 Å². The van der Waals surface area contributed by atoms with Crippen molar-refractivity contribution in [3.05, 3.63) is 53.5 Å². The summed E-state index contributed by atoms with van der Waals surface area (Å²) >= 11 is 1.62. The molecule has 96 valence electrons.